The molecule has 1 atom stereocenters. The van der Waals surface area contributed by atoms with Crippen LogP contribution in [0.1, 0.15) is 29.7 Å². The number of halogens is 1. The fourth-order valence-electron chi connectivity index (χ4n) is 4.25. The van der Waals surface area contributed by atoms with Crippen molar-refractivity contribution in [2.24, 2.45) is 0 Å². The average molecular weight is 384 g/mol. The molecular formula is C22H26ClN3O. The Bertz CT molecular complexity index is 995. The Morgan fingerprint density at radius 2 is 2.00 bits per heavy atom. The second-order valence-electron chi connectivity index (χ2n) is 7.57. The van der Waals surface area contributed by atoms with Crippen molar-refractivity contribution in [1.29, 1.82) is 0 Å². The van der Waals surface area contributed by atoms with Crippen LogP contribution in [0.5, 0.6) is 0 Å². The minimum absolute atomic E-state index is 0.419. The van der Waals surface area contributed by atoms with Crippen molar-refractivity contribution in [2.75, 3.05) is 25.2 Å². The van der Waals surface area contributed by atoms with Crippen LogP contribution in [0.2, 0.25) is 5.02 Å². The van der Waals surface area contributed by atoms with Crippen molar-refractivity contribution in [3.8, 4) is 11.3 Å². The fourth-order valence-corrected chi connectivity index (χ4v) is 4.58. The predicted octanol–water partition coefficient (Wildman–Crippen LogP) is 5.20. The summed E-state index contributed by atoms with van der Waals surface area (Å²) in [7, 11) is 1.78. The molecule has 1 saturated heterocycles. The summed E-state index contributed by atoms with van der Waals surface area (Å²) < 4.78 is 7.53. The standard InChI is InChI=1S/C22H26ClN3O/c1-14-7-8-18(19(23)10-14)22-15(2)11-21-20(12-16(3)24-26(21)22)25-9-5-6-17(25)13-27-4/h7-8,10-12,17H,5-6,9,13H2,1-4H3. The Hall–Kier alpha value is -2.04. The van der Waals surface area contributed by atoms with Crippen molar-refractivity contribution < 1.29 is 4.74 Å². The molecule has 0 N–H and O–H groups in total. The number of aromatic nitrogens is 2. The van der Waals surface area contributed by atoms with E-state index in [1.165, 1.54) is 17.7 Å². The van der Waals surface area contributed by atoms with Gasteiger partial charge in [0.25, 0.3) is 0 Å². The zero-order chi connectivity index (χ0) is 19.1. The van der Waals surface area contributed by atoms with Crippen LogP contribution < -0.4 is 4.90 Å². The maximum absolute atomic E-state index is 6.60. The monoisotopic (exact) mass is 383 g/mol. The summed E-state index contributed by atoms with van der Waals surface area (Å²) in [4.78, 5) is 2.48. The predicted molar refractivity (Wildman–Crippen MR) is 112 cm³/mol. The zero-order valence-corrected chi connectivity index (χ0v) is 17.2. The molecule has 2 aromatic heterocycles. The van der Waals surface area contributed by atoms with Crippen LogP contribution in [0.15, 0.2) is 30.3 Å². The van der Waals surface area contributed by atoms with Crippen LogP contribution in [0, 0.1) is 20.8 Å². The van der Waals surface area contributed by atoms with E-state index in [2.05, 4.69) is 54.5 Å². The number of anilines is 1. The van der Waals surface area contributed by atoms with E-state index in [-0.39, 0.29) is 0 Å². The summed E-state index contributed by atoms with van der Waals surface area (Å²) >= 11 is 6.60. The smallest absolute Gasteiger partial charge is 0.0890 e. The highest BCUT2D eigenvalue weighted by molar-refractivity contribution is 6.33. The van der Waals surface area contributed by atoms with Gasteiger partial charge < -0.3 is 9.64 Å². The molecule has 4 nitrogen and oxygen atoms in total. The highest BCUT2D eigenvalue weighted by Gasteiger charge is 2.27. The molecular weight excluding hydrogens is 358 g/mol. The lowest BCUT2D eigenvalue weighted by molar-refractivity contribution is 0.181. The van der Waals surface area contributed by atoms with E-state index in [0.717, 1.165) is 52.6 Å². The maximum Gasteiger partial charge on any atom is 0.0890 e. The van der Waals surface area contributed by atoms with E-state index >= 15 is 0 Å². The third-order valence-electron chi connectivity index (χ3n) is 5.46. The molecule has 3 aromatic rings. The van der Waals surface area contributed by atoms with Gasteiger partial charge in [0.05, 0.1) is 40.3 Å². The first-order chi connectivity index (χ1) is 13.0. The van der Waals surface area contributed by atoms with Gasteiger partial charge in [0, 0.05) is 19.2 Å². The van der Waals surface area contributed by atoms with Crippen molar-refractivity contribution in [1.82, 2.24) is 9.61 Å². The Labute approximate surface area is 165 Å². The molecule has 0 radical (unpaired) electrons. The summed E-state index contributed by atoms with van der Waals surface area (Å²) in [6.45, 7) is 8.06. The molecule has 0 spiro atoms. The molecule has 3 heterocycles. The van der Waals surface area contributed by atoms with Gasteiger partial charge in [-0.2, -0.15) is 5.10 Å². The van der Waals surface area contributed by atoms with E-state index in [1.54, 1.807) is 7.11 Å². The summed E-state index contributed by atoms with van der Waals surface area (Å²) in [5.74, 6) is 0. The molecule has 1 aliphatic heterocycles. The first-order valence-electron chi connectivity index (χ1n) is 9.51. The van der Waals surface area contributed by atoms with Crippen LogP contribution >= 0.6 is 11.6 Å². The summed E-state index contributed by atoms with van der Waals surface area (Å²) in [6.07, 6.45) is 2.36. The van der Waals surface area contributed by atoms with Crippen LogP contribution in [0.4, 0.5) is 5.69 Å². The molecule has 27 heavy (non-hydrogen) atoms. The second-order valence-corrected chi connectivity index (χ2v) is 7.98. The van der Waals surface area contributed by atoms with Gasteiger partial charge in [-0.25, -0.2) is 4.52 Å². The summed E-state index contributed by atoms with van der Waals surface area (Å²) in [5, 5.41) is 5.60. The van der Waals surface area contributed by atoms with Crippen LogP contribution in [0.25, 0.3) is 16.8 Å². The Morgan fingerprint density at radius 3 is 2.74 bits per heavy atom. The first kappa shape index (κ1) is 18.3. The minimum atomic E-state index is 0.419. The van der Waals surface area contributed by atoms with Gasteiger partial charge >= 0.3 is 0 Å². The van der Waals surface area contributed by atoms with E-state index in [4.69, 9.17) is 21.4 Å². The molecule has 0 bridgehead atoms. The minimum Gasteiger partial charge on any atom is -0.383 e. The third kappa shape index (κ3) is 3.21. The van der Waals surface area contributed by atoms with Gasteiger partial charge in [-0.05, 0) is 62.9 Å². The molecule has 1 fully saturated rings. The fraction of sp³-hybridized carbons (Fsp3) is 0.409. The van der Waals surface area contributed by atoms with Crippen LogP contribution in [0.3, 0.4) is 0 Å². The van der Waals surface area contributed by atoms with Gasteiger partial charge in [-0.3, -0.25) is 0 Å². The van der Waals surface area contributed by atoms with Crippen LogP contribution in [-0.2, 0) is 4.74 Å². The molecule has 1 unspecified atom stereocenters. The van der Waals surface area contributed by atoms with E-state index in [9.17, 15) is 0 Å². The van der Waals surface area contributed by atoms with Gasteiger partial charge in [-0.1, -0.05) is 23.7 Å². The average Bonchev–Trinajstić information content (AvgIpc) is 3.19. The highest BCUT2D eigenvalue weighted by Crippen LogP contribution is 2.37. The highest BCUT2D eigenvalue weighted by atomic mass is 35.5. The van der Waals surface area contributed by atoms with Crippen LogP contribution in [-0.4, -0.2) is 35.9 Å². The molecule has 0 aliphatic carbocycles. The van der Waals surface area contributed by atoms with Crippen molar-refractivity contribution in [2.45, 2.75) is 39.7 Å². The van der Waals surface area contributed by atoms with Crippen molar-refractivity contribution in [3.05, 3.63) is 52.2 Å². The first-order valence-corrected chi connectivity index (χ1v) is 9.89. The van der Waals surface area contributed by atoms with E-state index in [1.807, 2.05) is 6.07 Å². The second kappa shape index (κ2) is 7.17. The number of nitrogens with zero attached hydrogens (tertiary/aromatic N) is 3. The number of fused-ring (bicyclic) bond motifs is 1. The SMILES string of the molecule is COCC1CCCN1c1cc(C)nn2c(-c3ccc(C)cc3Cl)c(C)cc12. The van der Waals surface area contributed by atoms with E-state index in [0.29, 0.717) is 6.04 Å². The molecule has 4 rings (SSSR count). The molecule has 142 valence electrons. The topological polar surface area (TPSA) is 29.8 Å². The lowest BCUT2D eigenvalue weighted by atomic mass is 10.1. The van der Waals surface area contributed by atoms with Gasteiger partial charge in [0.1, 0.15) is 0 Å². The lowest BCUT2D eigenvalue weighted by Crippen LogP contribution is -2.33. The number of hydrogen-bond acceptors (Lipinski definition) is 3. The quantitative estimate of drug-likeness (QED) is 0.620. The van der Waals surface area contributed by atoms with E-state index < -0.39 is 0 Å². The summed E-state index contributed by atoms with van der Waals surface area (Å²) in [5.41, 5.74) is 7.81. The zero-order valence-electron chi connectivity index (χ0n) is 16.4. The summed E-state index contributed by atoms with van der Waals surface area (Å²) in [6, 6.07) is 11.1. The van der Waals surface area contributed by atoms with Gasteiger partial charge in [0.15, 0.2) is 0 Å². The molecule has 1 aromatic carbocycles. The number of ether oxygens (including phenoxy) is 1. The third-order valence-corrected chi connectivity index (χ3v) is 5.77. The van der Waals surface area contributed by atoms with Crippen molar-refractivity contribution in [3.63, 3.8) is 0 Å². The number of aryl methyl sites for hydroxylation is 3. The Kier molecular flexibility index (Phi) is 4.87. The number of hydrogen-bond donors (Lipinski definition) is 0. The lowest BCUT2D eigenvalue weighted by Gasteiger charge is -2.27. The van der Waals surface area contributed by atoms with Crippen molar-refractivity contribution >= 4 is 22.8 Å². The van der Waals surface area contributed by atoms with Gasteiger partial charge in [0.2, 0.25) is 0 Å². The Balaban J connectivity index is 1.91. The molecule has 1 aliphatic rings. The largest absolute Gasteiger partial charge is 0.383 e. The number of rotatable bonds is 4. The molecule has 0 amide bonds. The Morgan fingerprint density at radius 1 is 1.19 bits per heavy atom. The number of benzene rings is 1. The molecule has 0 saturated carbocycles. The normalized spacial score (nSPS) is 17.2. The number of methoxy groups -OCH3 is 1. The maximum atomic E-state index is 6.60. The van der Waals surface area contributed by atoms with Gasteiger partial charge in [-0.15, -0.1) is 0 Å². The molecule has 5 heteroatoms.